The number of benzene rings is 2. The van der Waals surface area contributed by atoms with Crippen LogP contribution in [0, 0.1) is 5.92 Å². The number of nitrogens with zero attached hydrogens (tertiary/aromatic N) is 3. The molecule has 3 aromatic rings. The van der Waals surface area contributed by atoms with Gasteiger partial charge in [-0.2, -0.15) is 5.10 Å². The Labute approximate surface area is 204 Å². The molecule has 8 heteroatoms. The predicted molar refractivity (Wildman–Crippen MR) is 132 cm³/mol. The molecule has 1 saturated heterocycles. The van der Waals surface area contributed by atoms with Crippen molar-refractivity contribution in [3.05, 3.63) is 84.1 Å². The number of likely N-dealkylation sites (tertiary alicyclic amines) is 1. The van der Waals surface area contributed by atoms with E-state index >= 15 is 0 Å². The van der Waals surface area contributed by atoms with Crippen LogP contribution in [-0.2, 0) is 25.7 Å². The Morgan fingerprint density at radius 2 is 1.66 bits per heavy atom. The summed E-state index contributed by atoms with van der Waals surface area (Å²) >= 11 is 0. The normalized spacial score (nSPS) is 14.2. The van der Waals surface area contributed by atoms with Gasteiger partial charge in [0.1, 0.15) is 0 Å². The molecule has 4 rings (SSSR count). The van der Waals surface area contributed by atoms with Crippen LogP contribution in [0.2, 0.25) is 0 Å². The van der Waals surface area contributed by atoms with Crippen LogP contribution in [0.15, 0.2) is 72.9 Å². The highest BCUT2D eigenvalue weighted by Crippen LogP contribution is 2.23. The van der Waals surface area contributed by atoms with Gasteiger partial charge in [0.25, 0.3) is 5.91 Å². The Balaban J connectivity index is 1.39. The van der Waals surface area contributed by atoms with Gasteiger partial charge in [0.2, 0.25) is 5.91 Å². The van der Waals surface area contributed by atoms with Crippen LogP contribution in [0.25, 0.3) is 17.3 Å². The molecule has 1 aromatic heterocycles. The lowest BCUT2D eigenvalue weighted by Gasteiger charge is -2.30. The van der Waals surface area contributed by atoms with Crippen LogP contribution >= 0.6 is 0 Å². The highest BCUT2D eigenvalue weighted by molar-refractivity contribution is 5.90. The standard InChI is InChI=1S/C27H28N4O4/c28-27(34)22-13-15-30(16-14-22)24(32)19-35-25(33)12-11-23-18-31(17-20-7-3-1-4-8-20)29-26(23)21-9-5-2-6-10-21/h1-12,18,22H,13-17,19H2,(H2,28,34)/b12-11+. The van der Waals surface area contributed by atoms with Crippen molar-refractivity contribution in [2.75, 3.05) is 19.7 Å². The number of hydrogen-bond donors (Lipinski definition) is 1. The van der Waals surface area contributed by atoms with E-state index in [1.165, 1.54) is 6.08 Å². The smallest absolute Gasteiger partial charge is 0.331 e. The number of esters is 1. The topological polar surface area (TPSA) is 108 Å². The van der Waals surface area contributed by atoms with Gasteiger partial charge in [-0.25, -0.2) is 4.79 Å². The number of hydrogen-bond acceptors (Lipinski definition) is 5. The van der Waals surface area contributed by atoms with E-state index in [-0.39, 0.29) is 24.3 Å². The van der Waals surface area contributed by atoms with Gasteiger partial charge < -0.3 is 15.4 Å². The average molecular weight is 473 g/mol. The van der Waals surface area contributed by atoms with Crippen molar-refractivity contribution in [3.8, 4) is 11.3 Å². The second kappa shape index (κ2) is 11.3. The molecule has 2 amide bonds. The first-order valence-electron chi connectivity index (χ1n) is 11.6. The first-order valence-corrected chi connectivity index (χ1v) is 11.6. The van der Waals surface area contributed by atoms with E-state index < -0.39 is 5.97 Å². The molecular formula is C27H28N4O4. The van der Waals surface area contributed by atoms with Crippen molar-refractivity contribution in [2.24, 2.45) is 11.7 Å². The van der Waals surface area contributed by atoms with Gasteiger partial charge in [0.05, 0.1) is 12.2 Å². The van der Waals surface area contributed by atoms with Crippen LogP contribution in [0.1, 0.15) is 24.0 Å². The lowest BCUT2D eigenvalue weighted by Crippen LogP contribution is -2.43. The molecule has 1 aliphatic heterocycles. The number of piperidine rings is 1. The fraction of sp³-hybridized carbons (Fsp3) is 0.259. The quantitative estimate of drug-likeness (QED) is 0.401. The lowest BCUT2D eigenvalue weighted by atomic mass is 9.96. The second-order valence-corrected chi connectivity index (χ2v) is 8.48. The summed E-state index contributed by atoms with van der Waals surface area (Å²) in [6.45, 7) is 1.12. The molecule has 0 radical (unpaired) electrons. The van der Waals surface area contributed by atoms with Crippen molar-refractivity contribution >= 4 is 23.9 Å². The summed E-state index contributed by atoms with van der Waals surface area (Å²) in [5.41, 5.74) is 8.89. The molecule has 8 nitrogen and oxygen atoms in total. The minimum Gasteiger partial charge on any atom is -0.452 e. The number of ether oxygens (including phenoxy) is 1. The van der Waals surface area contributed by atoms with Gasteiger partial charge in [0, 0.05) is 42.4 Å². The van der Waals surface area contributed by atoms with E-state index in [0.717, 1.165) is 22.4 Å². The molecule has 1 aliphatic rings. The summed E-state index contributed by atoms with van der Waals surface area (Å²) in [6, 6.07) is 19.7. The first-order chi connectivity index (χ1) is 17.0. The van der Waals surface area contributed by atoms with Crippen LogP contribution in [0.3, 0.4) is 0 Å². The number of primary amides is 1. The molecule has 1 fully saturated rings. The average Bonchev–Trinajstić information content (AvgIpc) is 3.29. The Hall–Kier alpha value is -4.20. The molecular weight excluding hydrogens is 444 g/mol. The number of nitrogens with two attached hydrogens (primary N) is 1. The first kappa shape index (κ1) is 23.9. The van der Waals surface area contributed by atoms with Gasteiger partial charge in [0.15, 0.2) is 6.61 Å². The highest BCUT2D eigenvalue weighted by atomic mass is 16.5. The molecule has 2 heterocycles. The number of carbonyl (C=O) groups excluding carboxylic acids is 3. The minimum absolute atomic E-state index is 0.203. The number of aromatic nitrogens is 2. The van der Waals surface area contributed by atoms with Gasteiger partial charge >= 0.3 is 5.97 Å². The third-order valence-corrected chi connectivity index (χ3v) is 6.01. The fourth-order valence-corrected chi connectivity index (χ4v) is 4.07. The maximum atomic E-state index is 12.4. The van der Waals surface area contributed by atoms with E-state index in [4.69, 9.17) is 15.6 Å². The highest BCUT2D eigenvalue weighted by Gasteiger charge is 2.26. The molecule has 180 valence electrons. The molecule has 0 unspecified atom stereocenters. The maximum Gasteiger partial charge on any atom is 0.331 e. The van der Waals surface area contributed by atoms with E-state index in [0.29, 0.717) is 32.5 Å². The third-order valence-electron chi connectivity index (χ3n) is 6.01. The zero-order valence-corrected chi connectivity index (χ0v) is 19.4. The number of carbonyl (C=O) groups is 3. The fourth-order valence-electron chi connectivity index (χ4n) is 4.07. The lowest BCUT2D eigenvalue weighted by molar-refractivity contribution is -0.149. The molecule has 0 atom stereocenters. The van der Waals surface area contributed by atoms with Crippen molar-refractivity contribution in [1.29, 1.82) is 0 Å². The van der Waals surface area contributed by atoms with E-state index in [1.807, 2.05) is 71.5 Å². The van der Waals surface area contributed by atoms with Gasteiger partial charge in [-0.15, -0.1) is 0 Å². The molecule has 0 spiro atoms. The van der Waals surface area contributed by atoms with Crippen molar-refractivity contribution in [3.63, 3.8) is 0 Å². The Kier molecular flexibility index (Phi) is 7.72. The van der Waals surface area contributed by atoms with Gasteiger partial charge in [-0.1, -0.05) is 60.7 Å². The molecule has 2 N–H and O–H groups in total. The van der Waals surface area contributed by atoms with Crippen LogP contribution < -0.4 is 5.73 Å². The van der Waals surface area contributed by atoms with Gasteiger partial charge in [-0.05, 0) is 24.5 Å². The summed E-state index contributed by atoms with van der Waals surface area (Å²) in [5.74, 6) is -1.43. The minimum atomic E-state index is -0.611. The summed E-state index contributed by atoms with van der Waals surface area (Å²) in [6.07, 6.45) is 5.91. The zero-order valence-electron chi connectivity index (χ0n) is 19.4. The van der Waals surface area contributed by atoms with Crippen LogP contribution in [-0.4, -0.2) is 52.2 Å². The molecule has 0 bridgehead atoms. The molecule has 0 aliphatic carbocycles. The largest absolute Gasteiger partial charge is 0.452 e. The zero-order chi connectivity index (χ0) is 24.6. The van der Waals surface area contributed by atoms with E-state index in [2.05, 4.69) is 0 Å². The molecule has 2 aromatic carbocycles. The number of rotatable bonds is 8. The van der Waals surface area contributed by atoms with Gasteiger partial charge in [-0.3, -0.25) is 14.3 Å². The van der Waals surface area contributed by atoms with E-state index in [1.54, 1.807) is 11.0 Å². The Bertz CT molecular complexity index is 1200. The third kappa shape index (κ3) is 6.44. The number of amides is 2. The summed E-state index contributed by atoms with van der Waals surface area (Å²) in [4.78, 5) is 37.6. The second-order valence-electron chi connectivity index (χ2n) is 8.48. The van der Waals surface area contributed by atoms with Crippen molar-refractivity contribution in [1.82, 2.24) is 14.7 Å². The van der Waals surface area contributed by atoms with E-state index in [9.17, 15) is 14.4 Å². The summed E-state index contributed by atoms with van der Waals surface area (Å²) in [7, 11) is 0. The monoisotopic (exact) mass is 472 g/mol. The predicted octanol–water partition coefficient (Wildman–Crippen LogP) is 2.88. The maximum absolute atomic E-state index is 12.4. The summed E-state index contributed by atoms with van der Waals surface area (Å²) < 4.78 is 7.00. The molecule has 0 saturated carbocycles. The van der Waals surface area contributed by atoms with Crippen molar-refractivity contribution in [2.45, 2.75) is 19.4 Å². The summed E-state index contributed by atoms with van der Waals surface area (Å²) in [5, 5.41) is 4.73. The van der Waals surface area contributed by atoms with Crippen LogP contribution in [0.4, 0.5) is 0 Å². The SMILES string of the molecule is NC(=O)C1CCN(C(=O)COC(=O)/C=C/c2cn(Cc3ccccc3)nc2-c2ccccc2)CC1. The Morgan fingerprint density at radius 3 is 2.31 bits per heavy atom. The van der Waals surface area contributed by atoms with Crippen LogP contribution in [0.5, 0.6) is 0 Å². The molecule has 35 heavy (non-hydrogen) atoms. The Morgan fingerprint density at radius 1 is 1.00 bits per heavy atom. The van der Waals surface area contributed by atoms with Crippen molar-refractivity contribution < 1.29 is 19.1 Å².